The maximum absolute atomic E-state index is 8.76. The van der Waals surface area contributed by atoms with Crippen LogP contribution in [0.5, 0.6) is 0 Å². The number of hydrogen-bond donors (Lipinski definition) is 1. The SMILES string of the molecule is OCCn1nnc2cccc(Cl)c21. The summed E-state index contributed by atoms with van der Waals surface area (Å²) in [5, 5.41) is 17.1. The van der Waals surface area contributed by atoms with Crippen molar-refractivity contribution in [2.45, 2.75) is 6.54 Å². The predicted molar refractivity (Wildman–Crippen MR) is 49.6 cm³/mol. The topological polar surface area (TPSA) is 50.9 Å². The first-order valence-corrected chi connectivity index (χ1v) is 4.29. The van der Waals surface area contributed by atoms with E-state index < -0.39 is 0 Å². The van der Waals surface area contributed by atoms with E-state index in [-0.39, 0.29) is 6.61 Å². The van der Waals surface area contributed by atoms with E-state index in [0.29, 0.717) is 11.6 Å². The number of aliphatic hydroxyl groups excluding tert-OH is 1. The number of nitrogens with zero attached hydrogens (tertiary/aromatic N) is 3. The Morgan fingerprint density at radius 2 is 2.31 bits per heavy atom. The summed E-state index contributed by atoms with van der Waals surface area (Å²) < 4.78 is 1.59. The maximum atomic E-state index is 8.76. The fourth-order valence-electron chi connectivity index (χ4n) is 1.24. The molecule has 0 amide bonds. The molecule has 2 aromatic rings. The number of aliphatic hydroxyl groups is 1. The minimum Gasteiger partial charge on any atom is -0.394 e. The van der Waals surface area contributed by atoms with Gasteiger partial charge in [0.25, 0.3) is 0 Å². The maximum Gasteiger partial charge on any atom is 0.114 e. The second kappa shape index (κ2) is 3.32. The van der Waals surface area contributed by atoms with Crippen LogP contribution in [0.2, 0.25) is 5.02 Å². The molecular weight excluding hydrogens is 190 g/mol. The van der Waals surface area contributed by atoms with Crippen molar-refractivity contribution in [2.24, 2.45) is 0 Å². The van der Waals surface area contributed by atoms with Crippen LogP contribution in [-0.4, -0.2) is 26.7 Å². The molecule has 0 saturated heterocycles. The molecule has 0 unspecified atom stereocenters. The van der Waals surface area contributed by atoms with Gasteiger partial charge in [0.2, 0.25) is 0 Å². The Balaban J connectivity index is 2.64. The van der Waals surface area contributed by atoms with E-state index in [1.165, 1.54) is 0 Å². The van der Waals surface area contributed by atoms with Crippen LogP contribution in [-0.2, 0) is 6.54 Å². The monoisotopic (exact) mass is 197 g/mol. The molecular formula is C8H8ClN3O. The third kappa shape index (κ3) is 1.38. The van der Waals surface area contributed by atoms with Crippen LogP contribution < -0.4 is 0 Å². The summed E-state index contributed by atoms with van der Waals surface area (Å²) in [7, 11) is 0. The smallest absolute Gasteiger partial charge is 0.114 e. The Bertz CT molecular complexity index is 426. The number of hydrogen-bond acceptors (Lipinski definition) is 3. The molecule has 1 heterocycles. The fourth-order valence-corrected chi connectivity index (χ4v) is 1.51. The number of para-hydroxylation sites is 1. The van der Waals surface area contributed by atoms with Crippen LogP contribution in [0.15, 0.2) is 18.2 Å². The molecule has 0 spiro atoms. The number of halogens is 1. The normalized spacial score (nSPS) is 10.9. The summed E-state index contributed by atoms with van der Waals surface area (Å²) in [6.07, 6.45) is 0. The highest BCUT2D eigenvalue weighted by Crippen LogP contribution is 2.20. The van der Waals surface area contributed by atoms with E-state index >= 15 is 0 Å². The standard InChI is InChI=1S/C8H8ClN3O/c9-6-2-1-3-7-8(6)12(4-5-13)11-10-7/h1-3,13H,4-5H2. The molecule has 0 atom stereocenters. The van der Waals surface area contributed by atoms with Gasteiger partial charge in [-0.15, -0.1) is 5.10 Å². The van der Waals surface area contributed by atoms with E-state index in [4.69, 9.17) is 16.7 Å². The van der Waals surface area contributed by atoms with Crippen LogP contribution in [0.25, 0.3) is 11.0 Å². The van der Waals surface area contributed by atoms with E-state index in [2.05, 4.69) is 10.3 Å². The van der Waals surface area contributed by atoms with Crippen molar-refractivity contribution in [2.75, 3.05) is 6.61 Å². The molecule has 13 heavy (non-hydrogen) atoms. The third-order valence-corrected chi connectivity index (χ3v) is 2.10. The molecule has 0 radical (unpaired) electrons. The van der Waals surface area contributed by atoms with Gasteiger partial charge < -0.3 is 5.11 Å². The second-order valence-electron chi connectivity index (χ2n) is 2.64. The minimum atomic E-state index is 0.0314. The van der Waals surface area contributed by atoms with E-state index in [1.54, 1.807) is 10.7 Å². The molecule has 5 heteroatoms. The molecule has 0 aliphatic rings. The molecule has 1 N–H and O–H groups in total. The summed E-state index contributed by atoms with van der Waals surface area (Å²) in [5.74, 6) is 0. The molecule has 0 aliphatic heterocycles. The Morgan fingerprint density at radius 1 is 1.46 bits per heavy atom. The minimum absolute atomic E-state index is 0.0314. The first-order chi connectivity index (χ1) is 6.33. The quantitative estimate of drug-likeness (QED) is 0.784. The highest BCUT2D eigenvalue weighted by Gasteiger charge is 2.06. The van der Waals surface area contributed by atoms with Crippen LogP contribution >= 0.6 is 11.6 Å². The zero-order chi connectivity index (χ0) is 9.26. The first-order valence-electron chi connectivity index (χ1n) is 3.91. The number of fused-ring (bicyclic) bond motifs is 1. The van der Waals surface area contributed by atoms with Crippen LogP contribution in [0.4, 0.5) is 0 Å². The molecule has 4 nitrogen and oxygen atoms in total. The molecule has 68 valence electrons. The van der Waals surface area contributed by atoms with Crippen molar-refractivity contribution in [1.29, 1.82) is 0 Å². The van der Waals surface area contributed by atoms with Gasteiger partial charge in [-0.3, -0.25) is 0 Å². The first kappa shape index (κ1) is 8.47. The van der Waals surface area contributed by atoms with Gasteiger partial charge in [-0.1, -0.05) is 22.9 Å². The van der Waals surface area contributed by atoms with Crippen molar-refractivity contribution in [3.05, 3.63) is 23.2 Å². The van der Waals surface area contributed by atoms with Crippen molar-refractivity contribution < 1.29 is 5.11 Å². The summed E-state index contributed by atoms with van der Waals surface area (Å²) >= 11 is 5.96. The van der Waals surface area contributed by atoms with E-state index in [9.17, 15) is 0 Å². The Labute approximate surface area is 79.7 Å². The third-order valence-electron chi connectivity index (χ3n) is 1.80. The lowest BCUT2D eigenvalue weighted by atomic mass is 10.3. The van der Waals surface area contributed by atoms with Crippen molar-refractivity contribution in [1.82, 2.24) is 15.0 Å². The molecule has 2 rings (SSSR count). The molecule has 0 fully saturated rings. The average Bonchev–Trinajstić information content (AvgIpc) is 2.51. The largest absolute Gasteiger partial charge is 0.394 e. The average molecular weight is 198 g/mol. The van der Waals surface area contributed by atoms with E-state index in [0.717, 1.165) is 11.0 Å². The van der Waals surface area contributed by atoms with Crippen molar-refractivity contribution >= 4 is 22.6 Å². The molecule has 0 saturated carbocycles. The summed E-state index contributed by atoms with van der Waals surface area (Å²) in [4.78, 5) is 0. The Hall–Kier alpha value is -1.13. The lowest BCUT2D eigenvalue weighted by molar-refractivity contribution is 0.270. The highest BCUT2D eigenvalue weighted by atomic mass is 35.5. The summed E-state index contributed by atoms with van der Waals surface area (Å²) in [6.45, 7) is 0.448. The molecule has 0 aliphatic carbocycles. The lowest BCUT2D eigenvalue weighted by Gasteiger charge is -1.99. The summed E-state index contributed by atoms with van der Waals surface area (Å²) in [5.41, 5.74) is 1.53. The molecule has 1 aromatic carbocycles. The van der Waals surface area contributed by atoms with Gasteiger partial charge in [-0.2, -0.15) is 0 Å². The van der Waals surface area contributed by atoms with E-state index in [1.807, 2.05) is 12.1 Å². The predicted octanol–water partition coefficient (Wildman–Crippen LogP) is 1.08. The van der Waals surface area contributed by atoms with Gasteiger partial charge in [0.15, 0.2) is 0 Å². The van der Waals surface area contributed by atoms with Crippen molar-refractivity contribution in [3.8, 4) is 0 Å². The zero-order valence-corrected chi connectivity index (χ0v) is 7.57. The van der Waals surface area contributed by atoms with Gasteiger partial charge in [0.05, 0.1) is 18.2 Å². The van der Waals surface area contributed by atoms with Gasteiger partial charge in [-0.05, 0) is 12.1 Å². The summed E-state index contributed by atoms with van der Waals surface area (Å²) in [6, 6.07) is 5.44. The van der Waals surface area contributed by atoms with Crippen LogP contribution in [0.1, 0.15) is 0 Å². The second-order valence-corrected chi connectivity index (χ2v) is 3.05. The number of aromatic nitrogens is 3. The van der Waals surface area contributed by atoms with Crippen LogP contribution in [0, 0.1) is 0 Å². The van der Waals surface area contributed by atoms with Gasteiger partial charge in [-0.25, -0.2) is 4.68 Å². The number of benzene rings is 1. The van der Waals surface area contributed by atoms with Crippen molar-refractivity contribution in [3.63, 3.8) is 0 Å². The molecule has 0 bridgehead atoms. The molecule has 1 aromatic heterocycles. The fraction of sp³-hybridized carbons (Fsp3) is 0.250. The van der Waals surface area contributed by atoms with Gasteiger partial charge in [0.1, 0.15) is 11.0 Å². The van der Waals surface area contributed by atoms with Gasteiger partial charge in [0, 0.05) is 0 Å². The highest BCUT2D eigenvalue weighted by molar-refractivity contribution is 6.34. The Kier molecular flexibility index (Phi) is 2.16. The number of rotatable bonds is 2. The zero-order valence-electron chi connectivity index (χ0n) is 6.81. The van der Waals surface area contributed by atoms with Crippen LogP contribution in [0.3, 0.4) is 0 Å². The lowest BCUT2D eigenvalue weighted by Crippen LogP contribution is -2.03. The Morgan fingerprint density at radius 3 is 3.08 bits per heavy atom. The van der Waals surface area contributed by atoms with Gasteiger partial charge >= 0.3 is 0 Å².